The van der Waals surface area contributed by atoms with Gasteiger partial charge in [0.25, 0.3) is 0 Å². The van der Waals surface area contributed by atoms with Gasteiger partial charge in [0, 0.05) is 33.9 Å². The number of fused-ring (bicyclic) bond motifs is 1. The summed E-state index contributed by atoms with van der Waals surface area (Å²) in [4.78, 5) is 5.38. The Balaban J connectivity index is 1.84. The maximum Gasteiger partial charge on any atom is 0.0843 e. The summed E-state index contributed by atoms with van der Waals surface area (Å²) >= 11 is 10.8. The molecule has 2 N–H and O–H groups in total. The van der Waals surface area contributed by atoms with Gasteiger partial charge in [-0.3, -0.25) is 4.90 Å². The molecule has 2 aromatic rings. The minimum atomic E-state index is 0.320. The van der Waals surface area contributed by atoms with Gasteiger partial charge in [0.05, 0.1) is 9.83 Å². The molecular weight excluding hydrogens is 408 g/mol. The van der Waals surface area contributed by atoms with Gasteiger partial charge in [-0.25, -0.2) is 0 Å². The van der Waals surface area contributed by atoms with Gasteiger partial charge in [-0.2, -0.15) is 0 Å². The molecule has 2 nitrogen and oxygen atoms in total. The first-order chi connectivity index (χ1) is 9.19. The van der Waals surface area contributed by atoms with Crippen molar-refractivity contribution >= 4 is 54.5 Å². The first-order valence-corrected chi connectivity index (χ1v) is 9.41. The fraction of sp³-hybridized carbons (Fsp3) is 0.385. The molecule has 2 aromatic heterocycles. The highest BCUT2D eigenvalue weighted by Crippen LogP contribution is 2.38. The van der Waals surface area contributed by atoms with Gasteiger partial charge in [0.2, 0.25) is 0 Å². The Hall–Kier alpha value is 0.280. The lowest BCUT2D eigenvalue weighted by Gasteiger charge is -2.33. The fourth-order valence-electron chi connectivity index (χ4n) is 2.51. The van der Waals surface area contributed by atoms with Crippen LogP contribution in [0.15, 0.2) is 25.8 Å². The molecule has 0 spiro atoms. The van der Waals surface area contributed by atoms with Crippen LogP contribution in [0.4, 0.5) is 0 Å². The smallest absolute Gasteiger partial charge is 0.0843 e. The Bertz CT molecular complexity index is 559. The maximum absolute atomic E-state index is 6.03. The second-order valence-electron chi connectivity index (χ2n) is 4.61. The van der Waals surface area contributed by atoms with E-state index in [0.717, 1.165) is 27.8 Å². The summed E-state index contributed by atoms with van der Waals surface area (Å²) in [6, 6.07) is 4.76. The average molecular weight is 422 g/mol. The quantitative estimate of drug-likeness (QED) is 0.795. The fourth-order valence-corrected chi connectivity index (χ4v) is 5.64. The molecule has 0 fully saturated rings. The molecule has 1 atom stereocenters. The molecule has 1 aliphatic rings. The predicted molar refractivity (Wildman–Crippen MR) is 89.9 cm³/mol. The van der Waals surface area contributed by atoms with E-state index in [1.165, 1.54) is 10.4 Å². The molecule has 19 heavy (non-hydrogen) atoms. The van der Waals surface area contributed by atoms with Crippen molar-refractivity contribution in [2.75, 3.05) is 13.1 Å². The molecule has 1 aliphatic heterocycles. The Morgan fingerprint density at radius 3 is 2.95 bits per heavy atom. The molecule has 6 heteroatoms. The third kappa shape index (κ3) is 2.84. The summed E-state index contributed by atoms with van der Waals surface area (Å²) in [7, 11) is 0. The molecular formula is C13H14Br2N2S2. The summed E-state index contributed by atoms with van der Waals surface area (Å²) in [5.41, 5.74) is 7.50. The van der Waals surface area contributed by atoms with Crippen molar-refractivity contribution in [1.82, 2.24) is 4.90 Å². The molecule has 1 unspecified atom stereocenters. The zero-order valence-corrected chi connectivity index (χ0v) is 15.0. The third-order valence-electron chi connectivity index (χ3n) is 3.49. The maximum atomic E-state index is 6.03. The van der Waals surface area contributed by atoms with Gasteiger partial charge in [-0.05, 0) is 61.4 Å². The number of hydrogen-bond donors (Lipinski definition) is 1. The molecule has 0 bridgehead atoms. The molecule has 3 heterocycles. The van der Waals surface area contributed by atoms with Crippen LogP contribution in [0, 0.1) is 0 Å². The van der Waals surface area contributed by atoms with E-state index in [9.17, 15) is 0 Å². The lowest BCUT2D eigenvalue weighted by Crippen LogP contribution is -2.36. The Kier molecular flexibility index (Phi) is 4.46. The zero-order chi connectivity index (χ0) is 13.4. The number of thiophene rings is 2. The number of halogens is 2. The Morgan fingerprint density at radius 2 is 2.26 bits per heavy atom. The van der Waals surface area contributed by atoms with Crippen LogP contribution in [0.5, 0.6) is 0 Å². The Morgan fingerprint density at radius 1 is 1.42 bits per heavy atom. The summed E-state index contributed by atoms with van der Waals surface area (Å²) < 4.78 is 2.27. The summed E-state index contributed by atoms with van der Waals surface area (Å²) in [6.45, 7) is 2.79. The van der Waals surface area contributed by atoms with E-state index >= 15 is 0 Å². The highest BCUT2D eigenvalue weighted by atomic mass is 79.9. The van der Waals surface area contributed by atoms with Crippen LogP contribution in [0.25, 0.3) is 0 Å². The molecule has 0 radical (unpaired) electrons. The highest BCUT2D eigenvalue weighted by molar-refractivity contribution is 9.13. The van der Waals surface area contributed by atoms with E-state index in [1.807, 2.05) is 11.3 Å². The first kappa shape index (κ1) is 14.2. The van der Waals surface area contributed by atoms with E-state index in [0.29, 0.717) is 12.6 Å². The average Bonchev–Trinajstić information content (AvgIpc) is 2.98. The number of nitrogens with zero attached hydrogens (tertiary/aromatic N) is 1. The SMILES string of the molecule is NCC(c1cc(Br)c(Br)s1)N1CCc2sccc2C1. The van der Waals surface area contributed by atoms with Gasteiger partial charge < -0.3 is 5.73 Å². The van der Waals surface area contributed by atoms with Crippen LogP contribution < -0.4 is 5.73 Å². The first-order valence-electron chi connectivity index (χ1n) is 6.13. The number of rotatable bonds is 3. The normalized spacial score (nSPS) is 17.4. The summed E-state index contributed by atoms with van der Waals surface area (Å²) in [6.07, 6.45) is 1.15. The van der Waals surface area contributed by atoms with Crippen LogP contribution in [-0.4, -0.2) is 18.0 Å². The van der Waals surface area contributed by atoms with E-state index in [4.69, 9.17) is 5.73 Å². The van der Waals surface area contributed by atoms with E-state index in [-0.39, 0.29) is 0 Å². The minimum Gasteiger partial charge on any atom is -0.329 e. The topological polar surface area (TPSA) is 29.3 Å². The van der Waals surface area contributed by atoms with Crippen molar-refractivity contribution < 1.29 is 0 Å². The molecule has 0 saturated carbocycles. The van der Waals surface area contributed by atoms with Crippen molar-refractivity contribution in [2.24, 2.45) is 5.73 Å². The Labute approximate surface area is 137 Å². The minimum absolute atomic E-state index is 0.320. The van der Waals surface area contributed by atoms with Gasteiger partial charge in [0.15, 0.2) is 0 Å². The van der Waals surface area contributed by atoms with Crippen LogP contribution in [-0.2, 0) is 13.0 Å². The van der Waals surface area contributed by atoms with Crippen molar-refractivity contribution in [1.29, 1.82) is 0 Å². The van der Waals surface area contributed by atoms with Gasteiger partial charge in [-0.1, -0.05) is 0 Å². The lowest BCUT2D eigenvalue weighted by molar-refractivity contribution is 0.187. The van der Waals surface area contributed by atoms with Crippen molar-refractivity contribution in [3.05, 3.63) is 41.1 Å². The van der Waals surface area contributed by atoms with E-state index in [1.54, 1.807) is 16.2 Å². The van der Waals surface area contributed by atoms with Crippen molar-refractivity contribution in [3.63, 3.8) is 0 Å². The molecule has 0 aliphatic carbocycles. The molecule has 0 amide bonds. The molecule has 0 saturated heterocycles. The van der Waals surface area contributed by atoms with E-state index < -0.39 is 0 Å². The molecule has 0 aromatic carbocycles. The van der Waals surface area contributed by atoms with Crippen molar-refractivity contribution in [2.45, 2.75) is 19.0 Å². The monoisotopic (exact) mass is 420 g/mol. The second-order valence-corrected chi connectivity index (χ2v) is 8.87. The number of nitrogens with two attached hydrogens (primary N) is 1. The molecule has 3 rings (SSSR count). The van der Waals surface area contributed by atoms with Crippen LogP contribution in [0.3, 0.4) is 0 Å². The van der Waals surface area contributed by atoms with Crippen LogP contribution in [0.1, 0.15) is 21.4 Å². The third-order valence-corrected chi connectivity index (χ3v) is 7.87. The highest BCUT2D eigenvalue weighted by Gasteiger charge is 2.26. The van der Waals surface area contributed by atoms with Crippen LogP contribution in [0.2, 0.25) is 0 Å². The zero-order valence-electron chi connectivity index (χ0n) is 10.2. The summed E-state index contributed by atoms with van der Waals surface area (Å²) in [5, 5.41) is 2.20. The number of hydrogen-bond acceptors (Lipinski definition) is 4. The molecule has 102 valence electrons. The largest absolute Gasteiger partial charge is 0.329 e. The summed E-state index contributed by atoms with van der Waals surface area (Å²) in [5.74, 6) is 0. The lowest BCUT2D eigenvalue weighted by atomic mass is 10.1. The standard InChI is InChI=1S/C13H14Br2N2S2/c14-9-5-12(19-13(9)15)10(6-16)17-3-1-11-8(7-17)2-4-18-11/h2,4-5,10H,1,3,6-7,16H2. The van der Waals surface area contributed by atoms with E-state index in [2.05, 4.69) is 54.3 Å². The predicted octanol–water partition coefficient (Wildman–Crippen LogP) is 4.39. The second kappa shape index (κ2) is 5.95. The van der Waals surface area contributed by atoms with Gasteiger partial charge in [-0.15, -0.1) is 22.7 Å². The van der Waals surface area contributed by atoms with Crippen LogP contribution >= 0.6 is 54.5 Å². The van der Waals surface area contributed by atoms with Gasteiger partial charge >= 0.3 is 0 Å². The van der Waals surface area contributed by atoms with Crippen molar-refractivity contribution in [3.8, 4) is 0 Å². The van der Waals surface area contributed by atoms with Gasteiger partial charge in [0.1, 0.15) is 0 Å².